The summed E-state index contributed by atoms with van der Waals surface area (Å²) in [7, 11) is 1.49. The molecule has 14 heteroatoms. The highest BCUT2D eigenvalue weighted by atomic mass is 35.5. The molecule has 0 spiro atoms. The highest BCUT2D eigenvalue weighted by Gasteiger charge is 2.31. The van der Waals surface area contributed by atoms with E-state index in [1.165, 1.54) is 24.4 Å². The molecule has 4 aromatic heterocycles. The SMILES string of the molecule is COc1ncc(-c2ccc(N(C(=O)O)[C@H]3CC[C@H](Nc4ncc(C#N)c(-c5n[nH]cc5Cl)n4)CC3)nc2)cn1. The zero-order valence-electron chi connectivity index (χ0n) is 20.7. The van der Waals surface area contributed by atoms with Crippen molar-refractivity contribution < 1.29 is 14.6 Å². The van der Waals surface area contributed by atoms with E-state index in [1.54, 1.807) is 30.7 Å². The molecule has 4 aromatic rings. The molecular formula is C25H23ClN10O3. The van der Waals surface area contributed by atoms with Crippen LogP contribution in [0.5, 0.6) is 6.01 Å². The van der Waals surface area contributed by atoms with Gasteiger partial charge in [-0.05, 0) is 37.8 Å². The van der Waals surface area contributed by atoms with Crippen LogP contribution in [-0.2, 0) is 0 Å². The molecule has 1 aliphatic carbocycles. The molecule has 39 heavy (non-hydrogen) atoms. The quantitative estimate of drug-likeness (QED) is 0.303. The lowest BCUT2D eigenvalue weighted by Crippen LogP contribution is -2.44. The number of aromatic amines is 1. The van der Waals surface area contributed by atoms with E-state index in [1.807, 2.05) is 0 Å². The second-order valence-electron chi connectivity index (χ2n) is 8.82. The Kier molecular flexibility index (Phi) is 7.46. The molecule has 0 aliphatic heterocycles. The topological polar surface area (TPSA) is 179 Å². The number of rotatable bonds is 7. The number of hydrogen-bond acceptors (Lipinski definition) is 10. The van der Waals surface area contributed by atoms with Crippen molar-refractivity contribution in [3.8, 4) is 34.6 Å². The number of ether oxygens (including phenoxy) is 1. The van der Waals surface area contributed by atoms with E-state index >= 15 is 0 Å². The van der Waals surface area contributed by atoms with E-state index in [4.69, 9.17) is 16.3 Å². The summed E-state index contributed by atoms with van der Waals surface area (Å²) >= 11 is 6.17. The minimum absolute atomic E-state index is 0.0257. The molecule has 1 saturated carbocycles. The van der Waals surface area contributed by atoms with Crippen molar-refractivity contribution in [2.45, 2.75) is 37.8 Å². The molecule has 1 fully saturated rings. The summed E-state index contributed by atoms with van der Waals surface area (Å²) in [4.78, 5) is 34.9. The molecule has 3 N–H and O–H groups in total. The standard InChI is InChI=1S/C25H23ClN10O3/c1-39-24-30-11-16(12-31-24)14-2-7-20(28-9-14)36(25(37)38)18-5-3-17(4-6-18)33-23-29-10-15(8-27)21(34-23)22-19(26)13-32-35-22/h2,7,9-13,17-18H,3-6H2,1H3,(H,32,35)(H,37,38)(H,29,33,34)/t17-,18-. The number of nitrogens with one attached hydrogen (secondary N) is 2. The first-order chi connectivity index (χ1) is 19.0. The molecule has 4 heterocycles. The predicted molar refractivity (Wildman–Crippen MR) is 141 cm³/mol. The number of amides is 1. The van der Waals surface area contributed by atoms with Gasteiger partial charge in [0.25, 0.3) is 0 Å². The van der Waals surface area contributed by atoms with Gasteiger partial charge in [-0.1, -0.05) is 11.6 Å². The Morgan fingerprint density at radius 3 is 2.44 bits per heavy atom. The smallest absolute Gasteiger partial charge is 0.413 e. The van der Waals surface area contributed by atoms with Crippen molar-refractivity contribution >= 4 is 29.5 Å². The monoisotopic (exact) mass is 546 g/mol. The number of carbonyl (C=O) groups is 1. The Morgan fingerprint density at radius 1 is 1.10 bits per heavy atom. The lowest BCUT2D eigenvalue weighted by molar-refractivity contribution is 0.195. The van der Waals surface area contributed by atoms with Gasteiger partial charge in [0.1, 0.15) is 23.3 Å². The molecule has 0 aromatic carbocycles. The van der Waals surface area contributed by atoms with Crippen LogP contribution < -0.4 is 15.0 Å². The number of halogens is 1. The Hall–Kier alpha value is -4.83. The summed E-state index contributed by atoms with van der Waals surface area (Å²) in [5.74, 6) is 0.703. The molecule has 0 saturated heterocycles. The number of nitrogens with zero attached hydrogens (tertiary/aromatic N) is 8. The van der Waals surface area contributed by atoms with Crippen LogP contribution in [0.3, 0.4) is 0 Å². The zero-order chi connectivity index (χ0) is 27.4. The van der Waals surface area contributed by atoms with Crippen molar-refractivity contribution in [1.82, 2.24) is 35.1 Å². The number of aromatic nitrogens is 7. The molecule has 0 unspecified atom stereocenters. The maximum atomic E-state index is 12.2. The van der Waals surface area contributed by atoms with Gasteiger partial charge in [0.2, 0.25) is 5.95 Å². The van der Waals surface area contributed by atoms with Crippen molar-refractivity contribution in [3.63, 3.8) is 0 Å². The van der Waals surface area contributed by atoms with Crippen molar-refractivity contribution in [1.29, 1.82) is 5.26 Å². The van der Waals surface area contributed by atoms with Crippen molar-refractivity contribution in [3.05, 3.63) is 53.7 Å². The first-order valence-corrected chi connectivity index (χ1v) is 12.4. The maximum absolute atomic E-state index is 12.2. The van der Waals surface area contributed by atoms with E-state index in [-0.39, 0.29) is 23.7 Å². The highest BCUT2D eigenvalue weighted by Crippen LogP contribution is 2.31. The summed E-state index contributed by atoms with van der Waals surface area (Å²) in [5, 5.41) is 29.8. The average molecular weight is 547 g/mol. The Morgan fingerprint density at radius 2 is 1.85 bits per heavy atom. The summed E-state index contributed by atoms with van der Waals surface area (Å²) in [6.45, 7) is 0. The fourth-order valence-electron chi connectivity index (χ4n) is 4.53. The van der Waals surface area contributed by atoms with Crippen molar-refractivity contribution in [2.75, 3.05) is 17.3 Å². The summed E-state index contributed by atoms with van der Waals surface area (Å²) in [6, 6.07) is 5.59. The minimum Gasteiger partial charge on any atom is -0.467 e. The van der Waals surface area contributed by atoms with Crippen LogP contribution in [0.2, 0.25) is 5.02 Å². The van der Waals surface area contributed by atoms with Crippen LogP contribution in [0.4, 0.5) is 16.6 Å². The van der Waals surface area contributed by atoms with Gasteiger partial charge in [0, 0.05) is 48.0 Å². The van der Waals surface area contributed by atoms with E-state index in [0.29, 0.717) is 53.9 Å². The zero-order valence-corrected chi connectivity index (χ0v) is 21.5. The molecule has 1 aliphatic rings. The average Bonchev–Trinajstić information content (AvgIpc) is 3.40. The summed E-state index contributed by atoms with van der Waals surface area (Å²) in [6.07, 6.45) is 9.35. The fourth-order valence-corrected chi connectivity index (χ4v) is 4.71. The number of H-pyrrole nitrogens is 1. The van der Waals surface area contributed by atoms with Gasteiger partial charge in [-0.15, -0.1) is 0 Å². The maximum Gasteiger partial charge on any atom is 0.413 e. The summed E-state index contributed by atoms with van der Waals surface area (Å²) < 4.78 is 4.98. The molecule has 13 nitrogen and oxygen atoms in total. The van der Waals surface area contributed by atoms with Crippen LogP contribution in [0.1, 0.15) is 31.2 Å². The van der Waals surface area contributed by atoms with E-state index in [9.17, 15) is 15.2 Å². The predicted octanol–water partition coefficient (Wildman–Crippen LogP) is 4.16. The number of methoxy groups -OCH3 is 1. The molecular weight excluding hydrogens is 524 g/mol. The van der Waals surface area contributed by atoms with Crippen LogP contribution in [-0.4, -0.2) is 65.5 Å². The van der Waals surface area contributed by atoms with Crippen LogP contribution >= 0.6 is 11.6 Å². The first-order valence-electron chi connectivity index (χ1n) is 12.0. The highest BCUT2D eigenvalue weighted by molar-refractivity contribution is 6.32. The van der Waals surface area contributed by atoms with Gasteiger partial charge in [-0.3, -0.25) is 10.00 Å². The molecule has 198 valence electrons. The molecule has 0 atom stereocenters. The Balaban J connectivity index is 1.25. The third-order valence-corrected chi connectivity index (χ3v) is 6.76. The van der Waals surface area contributed by atoms with Crippen LogP contribution in [0, 0.1) is 11.3 Å². The molecule has 1 amide bonds. The van der Waals surface area contributed by atoms with E-state index in [2.05, 4.69) is 46.5 Å². The van der Waals surface area contributed by atoms with Gasteiger partial charge < -0.3 is 15.2 Å². The molecule has 5 rings (SSSR count). The minimum atomic E-state index is -1.06. The number of carboxylic acid groups (broad SMARTS) is 1. The molecule has 0 bridgehead atoms. The van der Waals surface area contributed by atoms with Crippen molar-refractivity contribution in [2.24, 2.45) is 0 Å². The second kappa shape index (κ2) is 11.3. The summed E-state index contributed by atoms with van der Waals surface area (Å²) in [5.41, 5.74) is 2.47. The first kappa shape index (κ1) is 25.8. The van der Waals surface area contributed by atoms with Gasteiger partial charge in [-0.25, -0.2) is 29.7 Å². The van der Waals surface area contributed by atoms with E-state index < -0.39 is 6.09 Å². The number of hydrogen-bond donors (Lipinski definition) is 3. The normalized spacial score (nSPS) is 16.7. The number of anilines is 2. The Bertz CT molecular complexity index is 1500. The van der Waals surface area contributed by atoms with Gasteiger partial charge >= 0.3 is 12.1 Å². The lowest BCUT2D eigenvalue weighted by Gasteiger charge is -2.35. The van der Waals surface area contributed by atoms with Gasteiger partial charge in [-0.2, -0.15) is 10.4 Å². The largest absolute Gasteiger partial charge is 0.467 e. The third kappa shape index (κ3) is 5.55. The fraction of sp³-hybridized carbons (Fsp3) is 0.280. The lowest BCUT2D eigenvalue weighted by atomic mass is 9.90. The van der Waals surface area contributed by atoms with Gasteiger partial charge in [0.05, 0.1) is 23.9 Å². The number of pyridine rings is 1. The van der Waals surface area contributed by atoms with Crippen LogP contribution in [0.25, 0.3) is 22.5 Å². The third-order valence-electron chi connectivity index (χ3n) is 6.47. The van der Waals surface area contributed by atoms with Gasteiger partial charge in [0.15, 0.2) is 0 Å². The molecule has 0 radical (unpaired) electrons. The Labute approximate surface area is 227 Å². The number of nitriles is 1. The van der Waals surface area contributed by atoms with E-state index in [0.717, 1.165) is 11.1 Å². The second-order valence-corrected chi connectivity index (χ2v) is 9.22. The van der Waals surface area contributed by atoms with Crippen LogP contribution in [0.15, 0.2) is 43.1 Å².